The summed E-state index contributed by atoms with van der Waals surface area (Å²) >= 11 is 0. The second-order valence-electron chi connectivity index (χ2n) is 6.58. The number of hydrogen-bond acceptors (Lipinski definition) is 2. The monoisotopic (exact) mass is 391 g/mol. The number of likely N-dealkylation sites (tertiary alicyclic amines) is 1. The van der Waals surface area contributed by atoms with Gasteiger partial charge in [-0.3, -0.25) is 4.90 Å². The zero-order chi connectivity index (χ0) is 15.4. The van der Waals surface area contributed by atoms with Crippen LogP contribution in [-0.4, -0.2) is 29.6 Å². The van der Waals surface area contributed by atoms with Crippen molar-refractivity contribution in [1.82, 2.24) is 4.90 Å². The minimum absolute atomic E-state index is 0. The maximum absolute atomic E-state index is 5.11. The van der Waals surface area contributed by atoms with Gasteiger partial charge in [0.15, 0.2) is 0 Å². The molecular formula is C19H46N2Y-2. The fourth-order valence-corrected chi connectivity index (χ4v) is 2.34. The minimum Gasteiger partial charge on any atom is -0.358 e. The van der Waals surface area contributed by atoms with E-state index in [-0.39, 0.29) is 47.6 Å². The summed E-state index contributed by atoms with van der Waals surface area (Å²) in [6.45, 7) is 18.5. The first-order valence-corrected chi connectivity index (χ1v) is 8.01. The van der Waals surface area contributed by atoms with E-state index in [9.17, 15) is 0 Å². The summed E-state index contributed by atoms with van der Waals surface area (Å²) in [5.41, 5.74) is 5.11. The van der Waals surface area contributed by atoms with Crippen molar-refractivity contribution in [3.8, 4) is 0 Å². The van der Waals surface area contributed by atoms with Gasteiger partial charge in [-0.2, -0.15) is 13.8 Å². The molecule has 0 amide bonds. The molecule has 22 heavy (non-hydrogen) atoms. The molecule has 1 fully saturated rings. The van der Waals surface area contributed by atoms with E-state index in [0.29, 0.717) is 6.04 Å². The van der Waals surface area contributed by atoms with Crippen molar-refractivity contribution >= 4 is 0 Å². The van der Waals surface area contributed by atoms with Crippen molar-refractivity contribution in [2.45, 2.75) is 100 Å². The van der Waals surface area contributed by atoms with Crippen LogP contribution in [0.2, 0.25) is 0 Å². The molecule has 0 aromatic carbocycles. The fraction of sp³-hybridized carbons (Fsp3) is 0.895. The molecule has 0 aromatic heterocycles. The maximum atomic E-state index is 5.11. The first-order chi connectivity index (χ1) is 8.76. The first kappa shape index (κ1) is 34.4. The molecule has 1 rings (SSSR count). The van der Waals surface area contributed by atoms with E-state index in [1.165, 1.54) is 25.8 Å². The van der Waals surface area contributed by atoms with Gasteiger partial charge in [-0.1, -0.05) is 35.1 Å². The predicted molar refractivity (Wildman–Crippen MR) is 102 cm³/mol. The van der Waals surface area contributed by atoms with Crippen LogP contribution < -0.4 is 5.73 Å². The summed E-state index contributed by atoms with van der Waals surface area (Å²) < 4.78 is 0. The first-order valence-electron chi connectivity index (χ1n) is 8.01. The Morgan fingerprint density at radius 3 is 1.73 bits per heavy atom. The zero-order valence-electron chi connectivity index (χ0n) is 16.3. The molecule has 0 spiro atoms. The van der Waals surface area contributed by atoms with Gasteiger partial charge in [0.05, 0.1) is 0 Å². The number of nitrogens with zero attached hydrogens (tertiary/aromatic N) is 1. The molecule has 0 aliphatic carbocycles. The Labute approximate surface area is 169 Å². The van der Waals surface area contributed by atoms with E-state index in [1.54, 1.807) is 0 Å². The topological polar surface area (TPSA) is 29.3 Å². The zero-order valence-corrected chi connectivity index (χ0v) is 19.2. The number of nitrogens with two attached hydrogens (primary N) is 1. The van der Waals surface area contributed by atoms with Gasteiger partial charge in [0.2, 0.25) is 0 Å². The van der Waals surface area contributed by atoms with Crippen molar-refractivity contribution in [1.29, 1.82) is 0 Å². The standard InChI is InChI=1S/C11H23N.C3H9N.C3H7.CH4.CH3.Y/c1-9(2)8-11-6-5-7-12(11)10(3)4;1-3(2)4;1-3-2;;;/h9-11H,5-8H2,1-4H3;3H,4H2,1-2H3;3H,1-2H3;1H4;1H3;/q;;-1;;-1;. The molecule has 1 aliphatic rings. The molecule has 1 saturated heterocycles. The largest absolute Gasteiger partial charge is 0.358 e. The smallest absolute Gasteiger partial charge is 0.0101 e. The average molecular weight is 391 g/mol. The van der Waals surface area contributed by atoms with Crippen molar-refractivity contribution < 1.29 is 32.7 Å². The number of hydrogen-bond donors (Lipinski definition) is 1. The van der Waals surface area contributed by atoms with Gasteiger partial charge in [-0.25, -0.2) is 0 Å². The molecule has 3 heteroatoms. The second-order valence-corrected chi connectivity index (χ2v) is 6.58. The Kier molecular flexibility index (Phi) is 34.4. The van der Waals surface area contributed by atoms with Crippen LogP contribution in [0.5, 0.6) is 0 Å². The van der Waals surface area contributed by atoms with Crippen LogP contribution in [0.4, 0.5) is 0 Å². The van der Waals surface area contributed by atoms with Crippen LogP contribution >= 0.6 is 0 Å². The van der Waals surface area contributed by atoms with Crippen LogP contribution in [-0.2, 0) is 32.7 Å². The Morgan fingerprint density at radius 2 is 1.45 bits per heavy atom. The molecule has 0 bridgehead atoms. The van der Waals surface area contributed by atoms with Crippen LogP contribution in [0.25, 0.3) is 0 Å². The van der Waals surface area contributed by atoms with Crippen molar-refractivity contribution in [3.63, 3.8) is 0 Å². The number of rotatable bonds is 3. The summed E-state index contributed by atoms with van der Waals surface area (Å²) in [6.07, 6.45) is 6.23. The van der Waals surface area contributed by atoms with E-state index < -0.39 is 0 Å². The van der Waals surface area contributed by atoms with Crippen LogP contribution in [0, 0.1) is 19.8 Å². The molecular weight excluding hydrogens is 345 g/mol. The quantitative estimate of drug-likeness (QED) is 0.637. The van der Waals surface area contributed by atoms with Crippen LogP contribution in [0.3, 0.4) is 0 Å². The molecule has 2 nitrogen and oxygen atoms in total. The van der Waals surface area contributed by atoms with Crippen LogP contribution in [0.1, 0.15) is 82.1 Å². The summed E-state index contributed by atoms with van der Waals surface area (Å²) in [4.78, 5) is 2.67. The van der Waals surface area contributed by atoms with Gasteiger partial charge in [0.25, 0.3) is 0 Å². The Morgan fingerprint density at radius 1 is 1.09 bits per heavy atom. The van der Waals surface area contributed by atoms with Gasteiger partial charge < -0.3 is 19.6 Å². The molecule has 137 valence electrons. The van der Waals surface area contributed by atoms with Crippen LogP contribution in [0.15, 0.2) is 0 Å². The molecule has 1 atom stereocenters. The van der Waals surface area contributed by atoms with Crippen molar-refractivity contribution in [2.24, 2.45) is 11.7 Å². The third-order valence-corrected chi connectivity index (χ3v) is 2.83. The van der Waals surface area contributed by atoms with E-state index in [1.807, 2.05) is 34.1 Å². The molecule has 0 aromatic rings. The maximum Gasteiger partial charge on any atom is 0.0101 e. The normalized spacial score (nSPS) is 16.6. The van der Waals surface area contributed by atoms with E-state index >= 15 is 0 Å². The summed E-state index contributed by atoms with van der Waals surface area (Å²) in [6, 6.07) is 1.96. The van der Waals surface area contributed by atoms with Gasteiger partial charge >= 0.3 is 0 Å². The van der Waals surface area contributed by atoms with E-state index in [0.717, 1.165) is 18.0 Å². The third-order valence-electron chi connectivity index (χ3n) is 2.83. The van der Waals surface area contributed by atoms with Crippen molar-refractivity contribution in [3.05, 3.63) is 13.8 Å². The van der Waals surface area contributed by atoms with Gasteiger partial charge in [0.1, 0.15) is 0 Å². The SMILES string of the molecule is C.CC(C)CC1CCCN1C(C)C.CC(C)N.C[CH-]C.[CH3-].[Y]. The molecule has 2 N–H and O–H groups in total. The second kappa shape index (κ2) is 22.0. The molecule has 0 saturated carbocycles. The Bertz CT molecular complexity index is 180. The molecule has 1 heterocycles. The van der Waals surface area contributed by atoms with E-state index in [2.05, 4.69) is 32.6 Å². The van der Waals surface area contributed by atoms with E-state index in [4.69, 9.17) is 5.73 Å². The minimum atomic E-state index is 0. The molecule has 1 aliphatic heterocycles. The summed E-state index contributed by atoms with van der Waals surface area (Å²) in [5.74, 6) is 0.856. The van der Waals surface area contributed by atoms with Gasteiger partial charge in [-0.15, -0.1) is 0 Å². The summed E-state index contributed by atoms with van der Waals surface area (Å²) in [5, 5.41) is 0. The molecule has 1 radical (unpaired) electrons. The Balaban J connectivity index is -0.0000000834. The molecule has 1 unspecified atom stereocenters. The van der Waals surface area contributed by atoms with Crippen molar-refractivity contribution in [2.75, 3.05) is 6.54 Å². The predicted octanol–water partition coefficient (Wildman–Crippen LogP) is 5.57. The fourth-order valence-electron chi connectivity index (χ4n) is 2.34. The summed E-state index contributed by atoms with van der Waals surface area (Å²) in [7, 11) is 0. The third kappa shape index (κ3) is 23.3. The van der Waals surface area contributed by atoms with Gasteiger partial charge in [0, 0.05) is 44.8 Å². The average Bonchev–Trinajstić information content (AvgIpc) is 2.64. The van der Waals surface area contributed by atoms with Gasteiger partial charge in [-0.05, 0) is 51.6 Å². The Hall–Kier alpha value is 1.02.